The molecule has 0 saturated carbocycles. The molecular formula is C14H22ClFN2S. The van der Waals surface area contributed by atoms with Crippen LogP contribution in [-0.4, -0.2) is 36.5 Å². The molecule has 2 atom stereocenters. The Bertz CT molecular complexity index is 403. The standard InChI is InChI=1S/C14H22ClFN2S/c1-10(6-7-19-3)18(2)14(9-17)12-8-11(15)4-5-13(12)16/h4-5,8,10,14H,6-7,9,17H2,1-3H3. The highest BCUT2D eigenvalue weighted by Gasteiger charge is 2.23. The minimum Gasteiger partial charge on any atom is -0.329 e. The largest absolute Gasteiger partial charge is 0.329 e. The fourth-order valence-electron chi connectivity index (χ4n) is 2.08. The molecule has 0 amide bonds. The second-order valence-electron chi connectivity index (χ2n) is 4.71. The van der Waals surface area contributed by atoms with Crippen molar-refractivity contribution >= 4 is 23.4 Å². The SMILES string of the molecule is CSCCC(C)N(C)C(CN)c1cc(Cl)ccc1F. The summed E-state index contributed by atoms with van der Waals surface area (Å²) in [7, 11) is 1.99. The van der Waals surface area contributed by atoms with Crippen LogP contribution in [0.1, 0.15) is 24.9 Å². The number of hydrogen-bond acceptors (Lipinski definition) is 3. The van der Waals surface area contributed by atoms with Crippen molar-refractivity contribution in [2.75, 3.05) is 25.6 Å². The first kappa shape index (κ1) is 16.8. The van der Waals surface area contributed by atoms with Gasteiger partial charge in [0, 0.05) is 29.2 Å². The van der Waals surface area contributed by atoms with Crippen molar-refractivity contribution in [2.24, 2.45) is 5.73 Å². The van der Waals surface area contributed by atoms with Gasteiger partial charge >= 0.3 is 0 Å². The van der Waals surface area contributed by atoms with Gasteiger partial charge in [0.1, 0.15) is 5.82 Å². The Balaban J connectivity index is 2.89. The van der Waals surface area contributed by atoms with Crippen LogP contribution in [0.3, 0.4) is 0 Å². The molecule has 1 aromatic carbocycles. The van der Waals surface area contributed by atoms with E-state index in [1.165, 1.54) is 6.07 Å². The summed E-state index contributed by atoms with van der Waals surface area (Å²) in [5, 5.41) is 0.542. The highest BCUT2D eigenvalue weighted by molar-refractivity contribution is 7.98. The number of nitrogens with two attached hydrogens (primary N) is 1. The highest BCUT2D eigenvalue weighted by Crippen LogP contribution is 2.26. The predicted molar refractivity (Wildman–Crippen MR) is 83.4 cm³/mol. The van der Waals surface area contributed by atoms with Crippen molar-refractivity contribution in [3.05, 3.63) is 34.6 Å². The second kappa shape index (κ2) is 8.10. The highest BCUT2D eigenvalue weighted by atomic mass is 35.5. The molecule has 0 aliphatic rings. The molecule has 2 unspecified atom stereocenters. The third-order valence-corrected chi connectivity index (χ3v) is 4.35. The average molecular weight is 305 g/mol. The van der Waals surface area contributed by atoms with Crippen LogP contribution in [-0.2, 0) is 0 Å². The summed E-state index contributed by atoms with van der Waals surface area (Å²) in [6, 6.07) is 4.84. The normalized spacial score (nSPS) is 14.7. The van der Waals surface area contributed by atoms with Gasteiger partial charge in [0.05, 0.1) is 0 Å². The fraction of sp³-hybridized carbons (Fsp3) is 0.571. The van der Waals surface area contributed by atoms with E-state index in [2.05, 4.69) is 18.1 Å². The van der Waals surface area contributed by atoms with Crippen LogP contribution in [0.2, 0.25) is 5.02 Å². The molecule has 0 saturated heterocycles. The van der Waals surface area contributed by atoms with Crippen LogP contribution < -0.4 is 5.73 Å². The summed E-state index contributed by atoms with van der Waals surface area (Å²) in [5.41, 5.74) is 6.41. The van der Waals surface area contributed by atoms with E-state index >= 15 is 0 Å². The lowest BCUT2D eigenvalue weighted by molar-refractivity contribution is 0.182. The molecule has 1 aromatic rings. The third-order valence-electron chi connectivity index (χ3n) is 3.47. The number of nitrogens with zero attached hydrogens (tertiary/aromatic N) is 1. The minimum atomic E-state index is -0.247. The number of thioether (sulfide) groups is 1. The quantitative estimate of drug-likeness (QED) is 0.835. The molecule has 0 heterocycles. The van der Waals surface area contributed by atoms with E-state index in [0.29, 0.717) is 23.2 Å². The Labute approximate surface area is 124 Å². The van der Waals surface area contributed by atoms with E-state index < -0.39 is 0 Å². The van der Waals surface area contributed by atoms with Gasteiger partial charge in [-0.05, 0) is 50.6 Å². The monoisotopic (exact) mass is 304 g/mol. The van der Waals surface area contributed by atoms with Gasteiger partial charge in [-0.15, -0.1) is 0 Å². The minimum absolute atomic E-state index is 0.143. The van der Waals surface area contributed by atoms with Gasteiger partial charge in [0.25, 0.3) is 0 Å². The Hall–Kier alpha value is -0.290. The lowest BCUT2D eigenvalue weighted by Gasteiger charge is -2.33. The van der Waals surface area contributed by atoms with Gasteiger partial charge < -0.3 is 5.73 Å². The van der Waals surface area contributed by atoms with E-state index in [-0.39, 0.29) is 11.9 Å². The first-order valence-electron chi connectivity index (χ1n) is 6.37. The number of hydrogen-bond donors (Lipinski definition) is 1. The molecule has 108 valence electrons. The van der Waals surface area contributed by atoms with Gasteiger partial charge in [-0.25, -0.2) is 4.39 Å². The lowest BCUT2D eigenvalue weighted by atomic mass is 10.0. The van der Waals surface area contributed by atoms with Crippen LogP contribution >= 0.6 is 23.4 Å². The van der Waals surface area contributed by atoms with Gasteiger partial charge in [-0.2, -0.15) is 11.8 Å². The Morgan fingerprint density at radius 1 is 1.47 bits per heavy atom. The first-order chi connectivity index (χ1) is 9.01. The zero-order valence-electron chi connectivity index (χ0n) is 11.7. The Morgan fingerprint density at radius 2 is 2.16 bits per heavy atom. The Morgan fingerprint density at radius 3 is 2.74 bits per heavy atom. The van der Waals surface area contributed by atoms with E-state index in [1.54, 1.807) is 12.1 Å². The van der Waals surface area contributed by atoms with Gasteiger partial charge in [-0.3, -0.25) is 4.90 Å². The fourth-order valence-corrected chi connectivity index (χ4v) is 2.84. The molecule has 0 spiro atoms. The van der Waals surface area contributed by atoms with Crippen molar-refractivity contribution in [3.8, 4) is 0 Å². The van der Waals surface area contributed by atoms with Crippen LogP contribution in [0, 0.1) is 5.82 Å². The number of rotatable bonds is 7. The molecule has 2 nitrogen and oxygen atoms in total. The molecule has 0 fully saturated rings. The zero-order chi connectivity index (χ0) is 14.4. The average Bonchev–Trinajstić information content (AvgIpc) is 2.40. The topological polar surface area (TPSA) is 29.3 Å². The predicted octanol–water partition coefficient (Wildman–Crippen LogP) is 3.55. The van der Waals surface area contributed by atoms with Crippen LogP contribution in [0.15, 0.2) is 18.2 Å². The molecule has 0 aliphatic carbocycles. The number of likely N-dealkylation sites (N-methyl/N-ethyl adjacent to an activating group) is 1. The van der Waals surface area contributed by atoms with Crippen LogP contribution in [0.25, 0.3) is 0 Å². The molecule has 5 heteroatoms. The van der Waals surface area contributed by atoms with E-state index in [9.17, 15) is 4.39 Å². The molecule has 0 aliphatic heterocycles. The molecular weight excluding hydrogens is 283 g/mol. The van der Waals surface area contributed by atoms with Crippen molar-refractivity contribution in [3.63, 3.8) is 0 Å². The van der Waals surface area contributed by atoms with E-state index in [1.807, 2.05) is 18.8 Å². The maximum atomic E-state index is 13.9. The van der Waals surface area contributed by atoms with Gasteiger partial charge in [0.15, 0.2) is 0 Å². The summed E-state index contributed by atoms with van der Waals surface area (Å²) in [6.45, 7) is 2.51. The zero-order valence-corrected chi connectivity index (χ0v) is 13.3. The van der Waals surface area contributed by atoms with Crippen LogP contribution in [0.5, 0.6) is 0 Å². The number of benzene rings is 1. The molecule has 0 radical (unpaired) electrons. The van der Waals surface area contributed by atoms with Crippen molar-refractivity contribution < 1.29 is 4.39 Å². The van der Waals surface area contributed by atoms with Gasteiger partial charge in [-0.1, -0.05) is 11.6 Å². The summed E-state index contributed by atoms with van der Waals surface area (Å²) in [6.07, 6.45) is 3.14. The maximum Gasteiger partial charge on any atom is 0.128 e. The summed E-state index contributed by atoms with van der Waals surface area (Å²) < 4.78 is 13.9. The molecule has 2 N–H and O–H groups in total. The summed E-state index contributed by atoms with van der Waals surface area (Å²) in [4.78, 5) is 2.13. The van der Waals surface area contributed by atoms with Gasteiger partial charge in [0.2, 0.25) is 0 Å². The van der Waals surface area contributed by atoms with Crippen LogP contribution in [0.4, 0.5) is 4.39 Å². The summed E-state index contributed by atoms with van der Waals surface area (Å²) in [5.74, 6) is 0.838. The Kier molecular flexibility index (Phi) is 7.15. The smallest absolute Gasteiger partial charge is 0.128 e. The van der Waals surface area contributed by atoms with E-state index in [0.717, 1.165) is 12.2 Å². The third kappa shape index (κ3) is 4.63. The lowest BCUT2D eigenvalue weighted by Crippen LogP contribution is -2.37. The molecule has 19 heavy (non-hydrogen) atoms. The molecule has 0 aromatic heterocycles. The molecule has 1 rings (SSSR count). The summed E-state index contributed by atoms with van der Waals surface area (Å²) >= 11 is 7.77. The maximum absolute atomic E-state index is 13.9. The molecule has 0 bridgehead atoms. The first-order valence-corrected chi connectivity index (χ1v) is 8.14. The van der Waals surface area contributed by atoms with E-state index in [4.69, 9.17) is 17.3 Å². The van der Waals surface area contributed by atoms with Crippen molar-refractivity contribution in [1.29, 1.82) is 0 Å². The van der Waals surface area contributed by atoms with Crippen molar-refractivity contribution in [1.82, 2.24) is 4.90 Å². The second-order valence-corrected chi connectivity index (χ2v) is 6.14. The number of halogens is 2. The van der Waals surface area contributed by atoms with Crippen molar-refractivity contribution in [2.45, 2.75) is 25.4 Å².